The quantitative estimate of drug-likeness (QED) is 0.562. The molecule has 1 unspecified atom stereocenters. The van der Waals surface area contributed by atoms with E-state index < -0.39 is 5.60 Å². The van der Waals surface area contributed by atoms with Gasteiger partial charge in [-0.2, -0.15) is 0 Å². The highest BCUT2D eigenvalue weighted by molar-refractivity contribution is 4.71. The van der Waals surface area contributed by atoms with Crippen molar-refractivity contribution in [2.75, 3.05) is 20.6 Å². The van der Waals surface area contributed by atoms with E-state index in [0.29, 0.717) is 13.0 Å². The molecule has 0 aliphatic heterocycles. The Bertz CT molecular complexity index is 79.0. The molecule has 0 saturated carbocycles. The van der Waals surface area contributed by atoms with Gasteiger partial charge in [-0.3, -0.25) is 0 Å². The van der Waals surface area contributed by atoms with Crippen molar-refractivity contribution in [2.45, 2.75) is 25.9 Å². The minimum atomic E-state index is -0.760. The van der Waals surface area contributed by atoms with Gasteiger partial charge in [0.2, 0.25) is 0 Å². The van der Waals surface area contributed by atoms with Gasteiger partial charge >= 0.3 is 0 Å². The van der Waals surface area contributed by atoms with Crippen molar-refractivity contribution in [1.82, 2.24) is 4.90 Å². The van der Waals surface area contributed by atoms with E-state index in [1.54, 1.807) is 6.92 Å². The maximum absolute atomic E-state index is 11.2. The predicted molar refractivity (Wildman–Crippen MR) is 37.9 cm³/mol. The largest absolute Gasteiger partial charge is 0.306 e. The van der Waals surface area contributed by atoms with E-state index in [4.69, 9.17) is 0 Å². The Morgan fingerprint density at radius 2 is 1.89 bits per heavy atom. The zero-order chi connectivity index (χ0) is 7.49. The van der Waals surface area contributed by atoms with E-state index in [1.165, 1.54) is 0 Å². The molecule has 0 aliphatic carbocycles. The second-order valence-corrected chi connectivity index (χ2v) is 3.04. The fourth-order valence-corrected chi connectivity index (χ4v) is 0.781. The first-order valence-electron chi connectivity index (χ1n) is 3.33. The van der Waals surface area contributed by atoms with Crippen LogP contribution in [-0.4, -0.2) is 31.1 Å². The van der Waals surface area contributed by atoms with Gasteiger partial charge in [-0.15, -0.1) is 0 Å². The molecular weight excluding hydrogens is 114 g/mol. The van der Waals surface area contributed by atoms with Gasteiger partial charge in [0.15, 0.2) is 0 Å². The van der Waals surface area contributed by atoms with Gasteiger partial charge in [0.25, 0.3) is 0 Å². The van der Waals surface area contributed by atoms with E-state index in [1.807, 2.05) is 25.9 Å². The first-order chi connectivity index (χ1) is 3.98. The molecule has 0 heterocycles. The molecule has 0 aromatic heterocycles. The van der Waals surface area contributed by atoms with Gasteiger partial charge in [0, 0.05) is 6.54 Å². The van der Waals surface area contributed by atoms with E-state index in [-0.39, 0.29) is 0 Å². The molecule has 55 valence electrons. The molecule has 0 rings (SSSR count). The average Bonchev–Trinajstić information content (AvgIpc) is 1.63. The normalized spacial score (nSPS) is 18.0. The van der Waals surface area contributed by atoms with Crippen LogP contribution in [0.2, 0.25) is 0 Å². The summed E-state index contributed by atoms with van der Waals surface area (Å²) in [5, 5.41) is 11.2. The summed E-state index contributed by atoms with van der Waals surface area (Å²) in [4.78, 5) is 1.93. The summed E-state index contributed by atoms with van der Waals surface area (Å²) in [5.74, 6) is 0. The van der Waals surface area contributed by atoms with E-state index in [0.717, 1.165) is 0 Å². The van der Waals surface area contributed by atoms with Crippen LogP contribution in [0.5, 0.6) is 0 Å². The van der Waals surface area contributed by atoms with E-state index in [9.17, 15) is 5.11 Å². The van der Waals surface area contributed by atoms with Gasteiger partial charge in [0.1, 0.15) is 5.60 Å². The zero-order valence-corrected chi connectivity index (χ0v) is 6.77. The molecule has 1 radical (unpaired) electrons. The molecule has 2 nitrogen and oxygen atoms in total. The molecule has 0 aliphatic rings. The lowest BCUT2D eigenvalue weighted by Crippen LogP contribution is -2.35. The second kappa shape index (κ2) is 3.18. The fourth-order valence-electron chi connectivity index (χ4n) is 0.781. The predicted octanol–water partition coefficient (Wildman–Crippen LogP) is 1.15. The zero-order valence-electron chi connectivity index (χ0n) is 6.77. The van der Waals surface area contributed by atoms with Crippen LogP contribution in [0.4, 0.5) is 0 Å². The molecule has 0 spiro atoms. The lowest BCUT2D eigenvalue weighted by atomic mass is 10.0. The van der Waals surface area contributed by atoms with Crippen molar-refractivity contribution in [3.05, 3.63) is 0 Å². The molecular formula is C7H16NO. The number of likely N-dealkylation sites (N-methyl/N-ethyl adjacent to an activating group) is 1. The Morgan fingerprint density at radius 1 is 1.44 bits per heavy atom. The number of hydrogen-bond donors (Lipinski definition) is 0. The van der Waals surface area contributed by atoms with Crippen molar-refractivity contribution in [1.29, 1.82) is 0 Å². The molecule has 0 aromatic carbocycles. The van der Waals surface area contributed by atoms with Crippen LogP contribution >= 0.6 is 0 Å². The van der Waals surface area contributed by atoms with Crippen molar-refractivity contribution in [2.24, 2.45) is 0 Å². The second-order valence-electron chi connectivity index (χ2n) is 3.04. The molecule has 9 heavy (non-hydrogen) atoms. The molecule has 0 amide bonds. The summed E-state index contributed by atoms with van der Waals surface area (Å²) in [7, 11) is 3.84. The third-order valence-corrected chi connectivity index (χ3v) is 1.40. The number of nitrogens with zero attached hydrogens (tertiary/aromatic N) is 1. The number of rotatable bonds is 3. The average molecular weight is 130 g/mol. The monoisotopic (exact) mass is 130 g/mol. The van der Waals surface area contributed by atoms with Crippen molar-refractivity contribution in [3.63, 3.8) is 0 Å². The Labute approximate surface area is 57.5 Å². The molecule has 0 fully saturated rings. The molecule has 0 N–H and O–H groups in total. The maximum atomic E-state index is 11.2. The summed E-state index contributed by atoms with van der Waals surface area (Å²) in [5.41, 5.74) is -0.760. The summed E-state index contributed by atoms with van der Waals surface area (Å²) < 4.78 is 0. The third kappa shape index (κ3) is 4.43. The van der Waals surface area contributed by atoms with Crippen molar-refractivity contribution >= 4 is 0 Å². The molecule has 0 saturated heterocycles. The number of hydrogen-bond acceptors (Lipinski definition) is 1. The first-order valence-corrected chi connectivity index (χ1v) is 3.33. The maximum Gasteiger partial charge on any atom is 0.113 e. The highest BCUT2D eigenvalue weighted by Crippen LogP contribution is 2.09. The summed E-state index contributed by atoms with van der Waals surface area (Å²) >= 11 is 0. The molecule has 1 atom stereocenters. The topological polar surface area (TPSA) is 23.1 Å². The Hall–Kier alpha value is -0.0800. The Balaban J connectivity index is 3.58. The molecule has 0 bridgehead atoms. The van der Waals surface area contributed by atoms with Crippen LogP contribution in [0.15, 0.2) is 0 Å². The van der Waals surface area contributed by atoms with Gasteiger partial charge in [-0.05, 0) is 27.4 Å². The first kappa shape index (κ1) is 8.92. The van der Waals surface area contributed by atoms with Gasteiger partial charge in [-0.25, -0.2) is 5.11 Å². The standard InChI is InChI=1S/C7H16NO/c1-5-7(2,9)6-8(3)4/h5-6H2,1-4H3. The fraction of sp³-hybridized carbons (Fsp3) is 1.00. The van der Waals surface area contributed by atoms with Gasteiger partial charge in [-0.1, -0.05) is 6.92 Å². The van der Waals surface area contributed by atoms with Crippen LogP contribution in [0.3, 0.4) is 0 Å². The minimum Gasteiger partial charge on any atom is -0.306 e. The van der Waals surface area contributed by atoms with Gasteiger partial charge in [0.05, 0.1) is 0 Å². The molecule has 0 aromatic rings. The SMILES string of the molecule is CCC(C)([O])CN(C)C. The summed E-state index contributed by atoms with van der Waals surface area (Å²) in [6.45, 7) is 4.30. The van der Waals surface area contributed by atoms with E-state index >= 15 is 0 Å². The van der Waals surface area contributed by atoms with Crippen LogP contribution in [0.25, 0.3) is 0 Å². The van der Waals surface area contributed by atoms with Crippen LogP contribution in [-0.2, 0) is 5.11 Å². The highest BCUT2D eigenvalue weighted by Gasteiger charge is 2.20. The Kier molecular flexibility index (Phi) is 3.15. The van der Waals surface area contributed by atoms with Crippen LogP contribution in [0.1, 0.15) is 20.3 Å². The summed E-state index contributed by atoms with van der Waals surface area (Å²) in [6.07, 6.45) is 0.700. The third-order valence-electron chi connectivity index (χ3n) is 1.40. The lowest BCUT2D eigenvalue weighted by Gasteiger charge is -2.22. The minimum absolute atomic E-state index is 0.628. The van der Waals surface area contributed by atoms with Gasteiger partial charge < -0.3 is 4.90 Å². The van der Waals surface area contributed by atoms with Crippen molar-refractivity contribution in [3.8, 4) is 0 Å². The smallest absolute Gasteiger partial charge is 0.113 e. The lowest BCUT2D eigenvalue weighted by molar-refractivity contribution is -0.0339. The van der Waals surface area contributed by atoms with E-state index in [2.05, 4.69) is 0 Å². The summed E-state index contributed by atoms with van der Waals surface area (Å²) in [6, 6.07) is 0. The van der Waals surface area contributed by atoms with Crippen LogP contribution < -0.4 is 0 Å². The highest BCUT2D eigenvalue weighted by atomic mass is 16.3. The van der Waals surface area contributed by atoms with Crippen molar-refractivity contribution < 1.29 is 5.11 Å². The Morgan fingerprint density at radius 3 is 2.00 bits per heavy atom. The van der Waals surface area contributed by atoms with Crippen LogP contribution in [0, 0.1) is 0 Å². The molecule has 2 heteroatoms.